The smallest absolute Gasteiger partial charge is 0.151 e. The number of anilines is 2. The fourth-order valence-electron chi connectivity index (χ4n) is 3.31. The van der Waals surface area contributed by atoms with Crippen molar-refractivity contribution >= 4 is 11.4 Å². The molecule has 0 radical (unpaired) electrons. The van der Waals surface area contributed by atoms with Crippen molar-refractivity contribution in [3.05, 3.63) is 85.0 Å². The number of fused-ring (bicyclic) bond motifs is 2. The summed E-state index contributed by atoms with van der Waals surface area (Å²) in [6.07, 6.45) is 9.48. The van der Waals surface area contributed by atoms with Crippen LogP contribution in [0.2, 0.25) is 0 Å². The van der Waals surface area contributed by atoms with Crippen LogP contribution in [0.1, 0.15) is 13.3 Å². The van der Waals surface area contributed by atoms with Gasteiger partial charge in [0.1, 0.15) is 0 Å². The minimum atomic E-state index is -0.136. The lowest BCUT2D eigenvalue weighted by Crippen LogP contribution is -2.43. The molecule has 2 aliphatic rings. The molecule has 0 aromatic heterocycles. The van der Waals surface area contributed by atoms with Gasteiger partial charge in [-0.05, 0) is 43.2 Å². The van der Waals surface area contributed by atoms with Crippen molar-refractivity contribution in [2.75, 3.05) is 4.90 Å². The number of hydrogen-bond donors (Lipinski definition) is 0. The summed E-state index contributed by atoms with van der Waals surface area (Å²) in [6.45, 7) is 6.13. The van der Waals surface area contributed by atoms with Crippen molar-refractivity contribution in [3.63, 3.8) is 0 Å². The molecule has 1 aliphatic carbocycles. The van der Waals surface area contributed by atoms with Gasteiger partial charge in [0.2, 0.25) is 0 Å². The van der Waals surface area contributed by atoms with Gasteiger partial charge in [0.15, 0.2) is 11.5 Å². The van der Waals surface area contributed by atoms with Crippen molar-refractivity contribution in [2.24, 2.45) is 0 Å². The lowest BCUT2D eigenvalue weighted by atomic mass is 9.87. The Kier molecular flexibility index (Phi) is 3.12. The highest BCUT2D eigenvalue weighted by Crippen LogP contribution is 2.51. The van der Waals surface area contributed by atoms with E-state index in [-0.39, 0.29) is 5.54 Å². The van der Waals surface area contributed by atoms with Crippen LogP contribution in [0.5, 0.6) is 11.5 Å². The average Bonchev–Trinajstić information content (AvgIpc) is 2.60. The number of hydrogen-bond acceptors (Lipinski definition) is 2. The molecule has 0 amide bonds. The Balaban J connectivity index is 1.87. The summed E-state index contributed by atoms with van der Waals surface area (Å²) in [4.78, 5) is 2.38. The van der Waals surface area contributed by atoms with E-state index in [1.807, 2.05) is 30.3 Å². The number of nitrogens with zero attached hydrogens (tertiary/aromatic N) is 1. The molecule has 2 heteroatoms. The highest BCUT2D eigenvalue weighted by molar-refractivity contribution is 5.80. The zero-order chi connectivity index (χ0) is 15.9. The average molecular weight is 301 g/mol. The number of benzene rings is 2. The minimum absolute atomic E-state index is 0.136. The molecule has 2 aromatic rings. The maximum absolute atomic E-state index is 6.09. The van der Waals surface area contributed by atoms with E-state index < -0.39 is 0 Å². The predicted molar refractivity (Wildman–Crippen MR) is 95.5 cm³/mol. The van der Waals surface area contributed by atoms with Crippen LogP contribution in [-0.4, -0.2) is 5.54 Å². The highest BCUT2D eigenvalue weighted by atomic mass is 16.5. The molecule has 2 nitrogen and oxygen atoms in total. The first-order valence-corrected chi connectivity index (χ1v) is 7.89. The standard InChI is InChI=1S/C21H19NO/c1-3-16-12-14-21(2,15-13-16)22-17-8-4-6-10-19(17)23-20-11-7-5-9-18(20)22/h3-14H,1,15H2,2H3/t21-/m0/s1. The second kappa shape index (κ2) is 5.17. The Morgan fingerprint density at radius 2 is 1.65 bits per heavy atom. The van der Waals surface area contributed by atoms with Gasteiger partial charge in [-0.15, -0.1) is 0 Å². The van der Waals surface area contributed by atoms with Crippen molar-refractivity contribution in [3.8, 4) is 11.5 Å². The van der Waals surface area contributed by atoms with Crippen molar-refractivity contribution < 1.29 is 4.74 Å². The lowest BCUT2D eigenvalue weighted by molar-refractivity contribution is 0.453. The Hall–Kier alpha value is -2.74. The number of allylic oxidation sites excluding steroid dienone is 3. The summed E-state index contributed by atoms with van der Waals surface area (Å²) in [5, 5.41) is 0. The summed E-state index contributed by atoms with van der Waals surface area (Å²) in [7, 11) is 0. The lowest BCUT2D eigenvalue weighted by Gasteiger charge is -2.45. The Morgan fingerprint density at radius 3 is 2.17 bits per heavy atom. The van der Waals surface area contributed by atoms with E-state index in [4.69, 9.17) is 4.74 Å². The molecule has 1 heterocycles. The summed E-state index contributed by atoms with van der Waals surface area (Å²) in [6, 6.07) is 16.4. The van der Waals surface area contributed by atoms with Gasteiger partial charge < -0.3 is 9.64 Å². The zero-order valence-corrected chi connectivity index (χ0v) is 13.2. The van der Waals surface area contributed by atoms with Crippen LogP contribution in [0.4, 0.5) is 11.4 Å². The quantitative estimate of drug-likeness (QED) is 0.699. The topological polar surface area (TPSA) is 12.5 Å². The van der Waals surface area contributed by atoms with Crippen LogP contribution in [-0.2, 0) is 0 Å². The molecular weight excluding hydrogens is 282 g/mol. The van der Waals surface area contributed by atoms with Gasteiger partial charge in [-0.3, -0.25) is 0 Å². The Morgan fingerprint density at radius 1 is 1.04 bits per heavy atom. The first-order valence-electron chi connectivity index (χ1n) is 7.89. The van der Waals surface area contributed by atoms with E-state index in [9.17, 15) is 0 Å². The van der Waals surface area contributed by atoms with E-state index in [1.54, 1.807) is 0 Å². The van der Waals surface area contributed by atoms with Crippen LogP contribution in [0, 0.1) is 0 Å². The summed E-state index contributed by atoms with van der Waals surface area (Å²) in [5.74, 6) is 1.80. The third kappa shape index (κ3) is 2.18. The molecular formula is C21H19NO. The van der Waals surface area contributed by atoms with Crippen LogP contribution >= 0.6 is 0 Å². The van der Waals surface area contributed by atoms with Crippen LogP contribution < -0.4 is 9.64 Å². The van der Waals surface area contributed by atoms with Crippen molar-refractivity contribution in [1.29, 1.82) is 0 Å². The predicted octanol–water partition coefficient (Wildman–Crippen LogP) is 5.76. The van der Waals surface area contributed by atoms with Gasteiger partial charge in [0, 0.05) is 0 Å². The van der Waals surface area contributed by atoms with E-state index in [2.05, 4.69) is 60.9 Å². The first-order chi connectivity index (χ1) is 11.2. The van der Waals surface area contributed by atoms with Crippen molar-refractivity contribution in [1.82, 2.24) is 0 Å². The van der Waals surface area contributed by atoms with Crippen LogP contribution in [0.15, 0.2) is 85.0 Å². The van der Waals surface area contributed by atoms with E-state index in [0.29, 0.717) is 0 Å². The molecule has 0 saturated heterocycles. The molecule has 4 rings (SSSR count). The molecule has 0 saturated carbocycles. The maximum Gasteiger partial charge on any atom is 0.151 e. The molecule has 0 bridgehead atoms. The number of rotatable bonds is 2. The normalized spacial score (nSPS) is 21.8. The highest BCUT2D eigenvalue weighted by Gasteiger charge is 2.36. The maximum atomic E-state index is 6.09. The van der Waals surface area contributed by atoms with E-state index >= 15 is 0 Å². The third-order valence-corrected chi connectivity index (χ3v) is 4.56. The van der Waals surface area contributed by atoms with Gasteiger partial charge in [0.25, 0.3) is 0 Å². The zero-order valence-electron chi connectivity index (χ0n) is 13.2. The van der Waals surface area contributed by atoms with Gasteiger partial charge >= 0.3 is 0 Å². The molecule has 1 atom stereocenters. The van der Waals surface area contributed by atoms with E-state index in [0.717, 1.165) is 29.3 Å². The minimum Gasteiger partial charge on any atom is -0.453 e. The van der Waals surface area contributed by atoms with Crippen molar-refractivity contribution in [2.45, 2.75) is 18.9 Å². The summed E-state index contributed by atoms with van der Waals surface area (Å²) >= 11 is 0. The van der Waals surface area contributed by atoms with Crippen LogP contribution in [0.3, 0.4) is 0 Å². The second-order valence-corrected chi connectivity index (χ2v) is 6.18. The SMILES string of the molecule is C=CC1=CC[C@@](C)(N2c3ccccc3Oc3ccccc32)C=C1. The molecule has 23 heavy (non-hydrogen) atoms. The monoisotopic (exact) mass is 301 g/mol. The fraction of sp³-hybridized carbons (Fsp3) is 0.143. The molecule has 114 valence electrons. The fourth-order valence-corrected chi connectivity index (χ4v) is 3.31. The molecule has 0 N–H and O–H groups in total. The molecule has 0 unspecified atom stereocenters. The number of para-hydroxylation sites is 4. The largest absolute Gasteiger partial charge is 0.453 e. The number of ether oxygens (including phenoxy) is 1. The van der Waals surface area contributed by atoms with Gasteiger partial charge in [-0.25, -0.2) is 0 Å². The van der Waals surface area contributed by atoms with Gasteiger partial charge in [0.05, 0.1) is 16.9 Å². The first kappa shape index (κ1) is 13.9. The molecule has 0 fully saturated rings. The van der Waals surface area contributed by atoms with Gasteiger partial charge in [-0.2, -0.15) is 0 Å². The summed E-state index contributed by atoms with van der Waals surface area (Å²) in [5.41, 5.74) is 3.25. The van der Waals surface area contributed by atoms with Gasteiger partial charge in [-0.1, -0.05) is 55.1 Å². The van der Waals surface area contributed by atoms with E-state index in [1.165, 1.54) is 5.57 Å². The second-order valence-electron chi connectivity index (χ2n) is 6.18. The third-order valence-electron chi connectivity index (χ3n) is 4.56. The molecule has 2 aromatic carbocycles. The Bertz CT molecular complexity index is 788. The summed E-state index contributed by atoms with van der Waals surface area (Å²) < 4.78 is 6.09. The van der Waals surface area contributed by atoms with Crippen LogP contribution in [0.25, 0.3) is 0 Å². The molecule has 1 aliphatic heterocycles. The Labute approximate surface area is 137 Å². The molecule has 0 spiro atoms.